The van der Waals surface area contributed by atoms with E-state index in [9.17, 15) is 4.79 Å². The summed E-state index contributed by atoms with van der Waals surface area (Å²) in [6.07, 6.45) is 5.20. The van der Waals surface area contributed by atoms with Gasteiger partial charge in [-0.1, -0.05) is 26.7 Å². The van der Waals surface area contributed by atoms with Gasteiger partial charge in [-0.05, 0) is 25.0 Å². The highest BCUT2D eigenvalue weighted by Crippen LogP contribution is 2.29. The molecule has 0 radical (unpaired) electrons. The van der Waals surface area contributed by atoms with Crippen LogP contribution in [-0.4, -0.2) is 12.5 Å². The smallest absolute Gasteiger partial charge is 0.227 e. The van der Waals surface area contributed by atoms with Gasteiger partial charge in [-0.2, -0.15) is 0 Å². The molecule has 3 N–H and O–H groups in total. The Morgan fingerprint density at radius 1 is 1.39 bits per heavy atom. The van der Waals surface area contributed by atoms with Gasteiger partial charge in [0.2, 0.25) is 5.91 Å². The standard InChI is InChI=1S/C14H24N2O2/c1-3-7-14(11-15,8-4-2)13(17)16-10-12-6-5-9-18-12/h5-6,9H,3-4,7-8,10-11,15H2,1-2H3,(H,16,17). The van der Waals surface area contributed by atoms with E-state index in [-0.39, 0.29) is 5.91 Å². The maximum Gasteiger partial charge on any atom is 0.227 e. The SMILES string of the molecule is CCCC(CN)(CCC)C(=O)NCc1ccco1. The molecule has 102 valence electrons. The molecule has 1 rings (SSSR count). The average Bonchev–Trinajstić information content (AvgIpc) is 2.88. The number of hydrogen-bond donors (Lipinski definition) is 2. The molecule has 1 aromatic heterocycles. The summed E-state index contributed by atoms with van der Waals surface area (Å²) < 4.78 is 5.20. The van der Waals surface area contributed by atoms with Crippen LogP contribution in [-0.2, 0) is 11.3 Å². The van der Waals surface area contributed by atoms with Gasteiger partial charge in [-0.3, -0.25) is 4.79 Å². The van der Waals surface area contributed by atoms with Gasteiger partial charge in [0.1, 0.15) is 5.76 Å². The van der Waals surface area contributed by atoms with Gasteiger partial charge in [0, 0.05) is 6.54 Å². The van der Waals surface area contributed by atoms with Crippen LogP contribution in [0.4, 0.5) is 0 Å². The molecule has 0 aliphatic rings. The first-order valence-corrected chi connectivity index (χ1v) is 6.69. The predicted octanol–water partition coefficient (Wildman–Crippen LogP) is 2.44. The van der Waals surface area contributed by atoms with E-state index < -0.39 is 5.41 Å². The van der Waals surface area contributed by atoms with E-state index in [0.29, 0.717) is 13.1 Å². The minimum absolute atomic E-state index is 0.0464. The predicted molar refractivity (Wildman–Crippen MR) is 71.9 cm³/mol. The van der Waals surface area contributed by atoms with E-state index in [0.717, 1.165) is 31.4 Å². The summed E-state index contributed by atoms with van der Waals surface area (Å²) in [4.78, 5) is 12.3. The summed E-state index contributed by atoms with van der Waals surface area (Å²) in [5.41, 5.74) is 5.42. The minimum atomic E-state index is -0.421. The molecule has 0 atom stereocenters. The Kier molecular flexibility index (Phi) is 5.92. The summed E-state index contributed by atoms with van der Waals surface area (Å²) in [6, 6.07) is 3.67. The normalized spacial score (nSPS) is 11.5. The van der Waals surface area contributed by atoms with E-state index in [1.165, 1.54) is 0 Å². The van der Waals surface area contributed by atoms with Gasteiger partial charge >= 0.3 is 0 Å². The first-order valence-electron chi connectivity index (χ1n) is 6.69. The second-order valence-corrected chi connectivity index (χ2v) is 4.75. The van der Waals surface area contributed by atoms with Crippen LogP contribution in [0.5, 0.6) is 0 Å². The third kappa shape index (κ3) is 3.60. The van der Waals surface area contributed by atoms with E-state index >= 15 is 0 Å². The number of carbonyl (C=O) groups excluding carboxylic acids is 1. The van der Waals surface area contributed by atoms with Crippen molar-refractivity contribution in [2.24, 2.45) is 11.1 Å². The molecular formula is C14H24N2O2. The Morgan fingerprint density at radius 2 is 2.06 bits per heavy atom. The van der Waals surface area contributed by atoms with E-state index in [4.69, 9.17) is 10.2 Å². The number of nitrogens with two attached hydrogens (primary N) is 1. The van der Waals surface area contributed by atoms with Crippen molar-refractivity contribution in [1.29, 1.82) is 0 Å². The maximum atomic E-state index is 12.3. The number of nitrogens with one attached hydrogen (secondary N) is 1. The molecule has 0 spiro atoms. The van der Waals surface area contributed by atoms with E-state index in [1.807, 2.05) is 12.1 Å². The zero-order valence-corrected chi connectivity index (χ0v) is 11.4. The molecule has 0 saturated carbocycles. The van der Waals surface area contributed by atoms with Crippen molar-refractivity contribution in [1.82, 2.24) is 5.32 Å². The number of rotatable bonds is 8. The lowest BCUT2D eigenvalue weighted by Gasteiger charge is -2.30. The second-order valence-electron chi connectivity index (χ2n) is 4.75. The van der Waals surface area contributed by atoms with Crippen molar-refractivity contribution in [3.05, 3.63) is 24.2 Å². The highest BCUT2D eigenvalue weighted by molar-refractivity contribution is 5.82. The van der Waals surface area contributed by atoms with Crippen LogP contribution in [0.3, 0.4) is 0 Å². The fourth-order valence-corrected chi connectivity index (χ4v) is 2.37. The van der Waals surface area contributed by atoms with E-state index in [1.54, 1.807) is 6.26 Å². The topological polar surface area (TPSA) is 68.3 Å². The van der Waals surface area contributed by atoms with Crippen molar-refractivity contribution in [2.45, 2.75) is 46.1 Å². The molecule has 4 heteroatoms. The summed E-state index contributed by atoms with van der Waals surface area (Å²) in [6.45, 7) is 5.00. The molecule has 18 heavy (non-hydrogen) atoms. The van der Waals surface area contributed by atoms with Crippen LogP contribution in [0.15, 0.2) is 22.8 Å². The molecule has 0 unspecified atom stereocenters. The fraction of sp³-hybridized carbons (Fsp3) is 0.643. The first-order chi connectivity index (χ1) is 8.68. The van der Waals surface area contributed by atoms with Gasteiger partial charge in [0.05, 0.1) is 18.2 Å². The average molecular weight is 252 g/mol. The molecule has 1 aromatic rings. The maximum absolute atomic E-state index is 12.3. The molecule has 0 saturated heterocycles. The molecule has 0 bridgehead atoms. The van der Waals surface area contributed by atoms with Crippen molar-refractivity contribution < 1.29 is 9.21 Å². The fourth-order valence-electron chi connectivity index (χ4n) is 2.37. The van der Waals surface area contributed by atoms with Crippen LogP contribution in [0.2, 0.25) is 0 Å². The minimum Gasteiger partial charge on any atom is -0.467 e. The van der Waals surface area contributed by atoms with Crippen LogP contribution in [0, 0.1) is 5.41 Å². The molecule has 0 aromatic carbocycles. The first kappa shape index (κ1) is 14.8. The second kappa shape index (κ2) is 7.21. The lowest BCUT2D eigenvalue weighted by atomic mass is 9.78. The van der Waals surface area contributed by atoms with Crippen LogP contribution >= 0.6 is 0 Å². The summed E-state index contributed by atoms with van der Waals surface area (Å²) in [7, 11) is 0. The monoisotopic (exact) mass is 252 g/mol. The van der Waals surface area contributed by atoms with Gasteiger partial charge in [-0.15, -0.1) is 0 Å². The van der Waals surface area contributed by atoms with Gasteiger partial charge < -0.3 is 15.5 Å². The highest BCUT2D eigenvalue weighted by Gasteiger charge is 2.34. The molecule has 4 nitrogen and oxygen atoms in total. The molecule has 0 aliphatic carbocycles. The van der Waals surface area contributed by atoms with E-state index in [2.05, 4.69) is 19.2 Å². The summed E-state index contributed by atoms with van der Waals surface area (Å²) in [5, 5.41) is 2.93. The van der Waals surface area contributed by atoms with Crippen molar-refractivity contribution >= 4 is 5.91 Å². The van der Waals surface area contributed by atoms with Crippen LogP contribution in [0.1, 0.15) is 45.3 Å². The molecule has 1 amide bonds. The number of furan rings is 1. The van der Waals surface area contributed by atoms with Crippen LogP contribution < -0.4 is 11.1 Å². The van der Waals surface area contributed by atoms with Crippen molar-refractivity contribution in [3.63, 3.8) is 0 Å². The number of amides is 1. The third-order valence-electron chi connectivity index (χ3n) is 3.33. The van der Waals surface area contributed by atoms with Gasteiger partial charge in [0.25, 0.3) is 0 Å². The molecule has 1 heterocycles. The Hall–Kier alpha value is -1.29. The van der Waals surface area contributed by atoms with Crippen molar-refractivity contribution in [2.75, 3.05) is 6.54 Å². The van der Waals surface area contributed by atoms with Gasteiger partial charge in [-0.25, -0.2) is 0 Å². The molecule has 0 aliphatic heterocycles. The largest absolute Gasteiger partial charge is 0.467 e. The summed E-state index contributed by atoms with van der Waals surface area (Å²) >= 11 is 0. The third-order valence-corrected chi connectivity index (χ3v) is 3.33. The Labute approximate surface area is 109 Å². The Morgan fingerprint density at radius 3 is 2.50 bits per heavy atom. The molecular weight excluding hydrogens is 228 g/mol. The summed E-state index contributed by atoms with van der Waals surface area (Å²) in [5.74, 6) is 0.812. The zero-order valence-electron chi connectivity index (χ0n) is 11.4. The zero-order chi connectivity index (χ0) is 13.4. The van der Waals surface area contributed by atoms with Gasteiger partial charge in [0.15, 0.2) is 0 Å². The van der Waals surface area contributed by atoms with Crippen molar-refractivity contribution in [3.8, 4) is 0 Å². The molecule has 0 fully saturated rings. The highest BCUT2D eigenvalue weighted by atomic mass is 16.3. The number of hydrogen-bond acceptors (Lipinski definition) is 3. The quantitative estimate of drug-likeness (QED) is 0.746. The lowest BCUT2D eigenvalue weighted by molar-refractivity contribution is -0.131. The van der Waals surface area contributed by atoms with Crippen LogP contribution in [0.25, 0.3) is 0 Å². The lowest BCUT2D eigenvalue weighted by Crippen LogP contribution is -2.45. The Bertz CT molecular complexity index is 341. The Balaban J connectivity index is 2.63. The number of carbonyl (C=O) groups is 1.